The number of phenols is 1. The van der Waals surface area contributed by atoms with Crippen molar-refractivity contribution in [2.24, 2.45) is 17.8 Å². The van der Waals surface area contributed by atoms with Crippen molar-refractivity contribution in [3.05, 3.63) is 82.5 Å². The number of imide groups is 1. The van der Waals surface area contributed by atoms with Gasteiger partial charge >= 0.3 is 7.12 Å². The zero-order valence-corrected chi connectivity index (χ0v) is 21.8. The summed E-state index contributed by atoms with van der Waals surface area (Å²) in [5, 5.41) is 29.8. The van der Waals surface area contributed by atoms with Crippen LogP contribution < -0.4 is 15.1 Å². The highest BCUT2D eigenvalue weighted by Crippen LogP contribution is 2.55. The number of Topliss-reactive ketones (excluding diaryl/α,β-unsaturated/α-hetero) is 1. The molecule has 1 heterocycles. The van der Waals surface area contributed by atoms with E-state index in [0.29, 0.717) is 22.3 Å². The van der Waals surface area contributed by atoms with E-state index < -0.39 is 42.6 Å². The number of hydrogen-bond donors (Lipinski definition) is 3. The highest BCUT2D eigenvalue weighted by Gasteiger charge is 2.56. The van der Waals surface area contributed by atoms with E-state index in [0.717, 1.165) is 10.5 Å². The van der Waals surface area contributed by atoms with Crippen LogP contribution in [0.25, 0.3) is 0 Å². The van der Waals surface area contributed by atoms with Crippen LogP contribution in [-0.2, 0) is 19.2 Å². The van der Waals surface area contributed by atoms with Crippen molar-refractivity contribution in [2.75, 3.05) is 12.0 Å². The molecule has 0 bridgehead atoms. The van der Waals surface area contributed by atoms with Gasteiger partial charge in [0.2, 0.25) is 11.8 Å². The molecule has 9 nitrogen and oxygen atoms in total. The molecule has 0 aromatic heterocycles. The normalized spacial score (nSPS) is 25.8. The van der Waals surface area contributed by atoms with E-state index in [4.69, 9.17) is 4.74 Å². The lowest BCUT2D eigenvalue weighted by atomic mass is 9.59. The number of nitrogens with zero attached hydrogens (tertiary/aromatic N) is 1. The van der Waals surface area contributed by atoms with Gasteiger partial charge in [-0.1, -0.05) is 29.8 Å². The van der Waals surface area contributed by atoms with Gasteiger partial charge in [0.1, 0.15) is 0 Å². The molecule has 1 fully saturated rings. The Morgan fingerprint density at radius 2 is 1.77 bits per heavy atom. The Kier molecular flexibility index (Phi) is 6.12. The van der Waals surface area contributed by atoms with Crippen LogP contribution in [0.2, 0.25) is 0 Å². The molecule has 0 unspecified atom stereocenters. The highest BCUT2D eigenvalue weighted by molar-refractivity contribution is 6.58. The Hall–Kier alpha value is -4.28. The lowest BCUT2D eigenvalue weighted by molar-refractivity contribution is -0.123. The minimum atomic E-state index is -1.76. The molecule has 6 rings (SSSR count). The summed E-state index contributed by atoms with van der Waals surface area (Å²) < 4.78 is 5.19. The Morgan fingerprint density at radius 1 is 1.00 bits per heavy atom. The number of carbonyl (C=O) groups excluding carboxylic acids is 4. The molecule has 2 amide bonds. The summed E-state index contributed by atoms with van der Waals surface area (Å²) in [7, 11) is -0.335. The number of benzene rings is 2. The summed E-state index contributed by atoms with van der Waals surface area (Å²) in [6.45, 7) is 1.60. The fourth-order valence-corrected chi connectivity index (χ4v) is 6.71. The SMILES string of the molecule is COc1ccc([C@H]2C3=CC[C@@H]4C(=O)N(c5cccc(B(O)O)c5)C(=O)[C@@H]4[C@@H]3CC3=C2C(=O)C(C)=CC3=O)cc1O. The zero-order chi connectivity index (χ0) is 28.5. The maximum atomic E-state index is 13.9. The van der Waals surface area contributed by atoms with E-state index in [1.807, 2.05) is 6.08 Å². The van der Waals surface area contributed by atoms with E-state index in [9.17, 15) is 34.3 Å². The maximum Gasteiger partial charge on any atom is 0.488 e. The van der Waals surface area contributed by atoms with E-state index in [1.54, 1.807) is 31.2 Å². The van der Waals surface area contributed by atoms with Crippen molar-refractivity contribution in [1.82, 2.24) is 0 Å². The molecular formula is C30H26BNO8. The number of ether oxygens (including phenoxy) is 1. The topological polar surface area (TPSA) is 141 Å². The molecule has 4 atom stereocenters. The molecule has 4 aliphatic rings. The molecule has 0 saturated carbocycles. The Labute approximate surface area is 230 Å². The number of aromatic hydroxyl groups is 1. The van der Waals surface area contributed by atoms with Crippen LogP contribution in [0.3, 0.4) is 0 Å². The molecule has 1 saturated heterocycles. The second-order valence-electron chi connectivity index (χ2n) is 10.6. The van der Waals surface area contributed by atoms with Gasteiger partial charge in [-0.25, -0.2) is 0 Å². The summed E-state index contributed by atoms with van der Waals surface area (Å²) in [5.74, 6) is -3.89. The molecule has 1 aliphatic heterocycles. The maximum absolute atomic E-state index is 13.9. The van der Waals surface area contributed by atoms with Gasteiger partial charge in [-0.3, -0.25) is 24.1 Å². The number of hydrogen-bond acceptors (Lipinski definition) is 8. The molecule has 2 aromatic carbocycles. The molecule has 0 radical (unpaired) electrons. The predicted molar refractivity (Wildman–Crippen MR) is 145 cm³/mol. The standard InChI is InChI=1S/C30H26BNO8/c1-14-10-22(33)21-13-20-18(25(27(21)28(14)35)15-6-9-24(40-2)23(34)11-15)7-8-19-26(20)30(37)32(29(19)36)17-5-3-4-16(12-17)31(38)39/h3-7,9-12,19-20,25-26,34,38-39H,8,13H2,1-2H3/t19-,20+,25-,26-/m0/s1. The number of rotatable bonds is 4. The van der Waals surface area contributed by atoms with Crippen LogP contribution in [0.1, 0.15) is 31.2 Å². The van der Waals surface area contributed by atoms with Crippen LogP contribution in [0.5, 0.6) is 11.5 Å². The van der Waals surface area contributed by atoms with Crippen molar-refractivity contribution in [1.29, 1.82) is 0 Å². The second-order valence-corrected chi connectivity index (χ2v) is 10.6. The van der Waals surface area contributed by atoms with Gasteiger partial charge in [-0.15, -0.1) is 0 Å². The average molecular weight is 539 g/mol. The zero-order valence-electron chi connectivity index (χ0n) is 21.8. The third-order valence-electron chi connectivity index (χ3n) is 8.53. The summed E-state index contributed by atoms with van der Waals surface area (Å²) in [5.41, 5.74) is 2.72. The first-order valence-electron chi connectivity index (χ1n) is 13.0. The van der Waals surface area contributed by atoms with E-state index in [1.165, 1.54) is 31.4 Å². The van der Waals surface area contributed by atoms with Gasteiger partial charge < -0.3 is 19.9 Å². The van der Waals surface area contributed by atoms with Crippen LogP contribution in [0, 0.1) is 17.8 Å². The van der Waals surface area contributed by atoms with Crippen LogP contribution in [0.4, 0.5) is 5.69 Å². The summed E-state index contributed by atoms with van der Waals surface area (Å²) in [6, 6.07) is 10.8. The lowest BCUT2D eigenvalue weighted by Gasteiger charge is -2.42. The first-order valence-corrected chi connectivity index (χ1v) is 13.0. The number of methoxy groups -OCH3 is 1. The molecule has 2 aromatic rings. The van der Waals surface area contributed by atoms with Crippen molar-refractivity contribution in [3.63, 3.8) is 0 Å². The summed E-state index contributed by atoms with van der Waals surface area (Å²) >= 11 is 0. The van der Waals surface area contributed by atoms with Gasteiger partial charge in [0.05, 0.1) is 24.6 Å². The van der Waals surface area contributed by atoms with Gasteiger partial charge in [-0.2, -0.15) is 0 Å². The summed E-state index contributed by atoms with van der Waals surface area (Å²) in [4.78, 5) is 55.3. The fourth-order valence-electron chi connectivity index (χ4n) is 6.71. The molecule has 0 spiro atoms. The molecule has 3 N–H and O–H groups in total. The van der Waals surface area contributed by atoms with Crippen LogP contribution in [0.15, 0.2) is 76.9 Å². The van der Waals surface area contributed by atoms with Crippen LogP contribution in [-0.4, -0.2) is 52.8 Å². The molecule has 10 heteroatoms. The first kappa shape index (κ1) is 26.0. The Balaban J connectivity index is 1.47. The summed E-state index contributed by atoms with van der Waals surface area (Å²) in [6.07, 6.45) is 3.61. The molecule has 40 heavy (non-hydrogen) atoms. The van der Waals surface area contributed by atoms with Crippen molar-refractivity contribution in [2.45, 2.75) is 25.7 Å². The fraction of sp³-hybridized carbons (Fsp3) is 0.267. The second kappa shape index (κ2) is 9.43. The van der Waals surface area contributed by atoms with Crippen molar-refractivity contribution in [3.8, 4) is 11.5 Å². The van der Waals surface area contributed by atoms with Gasteiger partial charge in [0.25, 0.3) is 0 Å². The van der Waals surface area contributed by atoms with Crippen molar-refractivity contribution < 1.29 is 39.1 Å². The number of ketones is 2. The number of phenolic OH excluding ortho intramolecular Hbond substituents is 1. The monoisotopic (exact) mass is 539 g/mol. The Morgan fingerprint density at radius 3 is 2.48 bits per heavy atom. The average Bonchev–Trinajstić information content (AvgIpc) is 3.20. The number of amides is 2. The number of allylic oxidation sites excluding steroid dienone is 6. The van der Waals surface area contributed by atoms with Crippen LogP contribution >= 0.6 is 0 Å². The largest absolute Gasteiger partial charge is 0.504 e. The van der Waals surface area contributed by atoms with Crippen molar-refractivity contribution >= 4 is 41.6 Å². The third-order valence-corrected chi connectivity index (χ3v) is 8.53. The van der Waals surface area contributed by atoms with Gasteiger partial charge in [0.15, 0.2) is 23.1 Å². The quantitative estimate of drug-likeness (QED) is 0.231. The van der Waals surface area contributed by atoms with Gasteiger partial charge in [-0.05, 0) is 67.1 Å². The van der Waals surface area contributed by atoms with E-state index in [2.05, 4.69) is 0 Å². The number of fused-ring (bicyclic) bond motifs is 3. The molecule has 202 valence electrons. The number of carbonyl (C=O) groups is 4. The Bertz CT molecular complexity index is 1600. The first-order chi connectivity index (χ1) is 19.1. The third kappa shape index (κ3) is 3.78. The minimum Gasteiger partial charge on any atom is -0.504 e. The predicted octanol–water partition coefficient (Wildman–Crippen LogP) is 1.71. The van der Waals surface area contributed by atoms with E-state index in [-0.39, 0.29) is 47.1 Å². The van der Waals surface area contributed by atoms with Gasteiger partial charge in [0, 0.05) is 22.6 Å². The lowest BCUT2D eigenvalue weighted by Crippen LogP contribution is -2.40. The molecular weight excluding hydrogens is 513 g/mol. The minimum absolute atomic E-state index is 0.121. The number of anilines is 1. The smallest absolute Gasteiger partial charge is 0.488 e. The molecule has 3 aliphatic carbocycles. The van der Waals surface area contributed by atoms with E-state index >= 15 is 0 Å². The highest BCUT2D eigenvalue weighted by atomic mass is 16.5.